The Morgan fingerprint density at radius 1 is 1.41 bits per heavy atom. The molecule has 2 aromatic rings. The fourth-order valence-electron chi connectivity index (χ4n) is 1.60. The largest absolute Gasteiger partial charge is 0.486 e. The summed E-state index contributed by atoms with van der Waals surface area (Å²) < 4.78 is 5.77. The molecule has 0 fully saturated rings. The smallest absolute Gasteiger partial charge is 0.140 e. The first-order chi connectivity index (χ1) is 8.31. The lowest BCUT2D eigenvalue weighted by Crippen LogP contribution is -2.10. The van der Waals surface area contributed by atoms with Crippen LogP contribution in [0, 0.1) is 0 Å². The van der Waals surface area contributed by atoms with Crippen molar-refractivity contribution in [3.05, 3.63) is 46.4 Å². The van der Waals surface area contributed by atoms with Crippen LogP contribution in [-0.4, -0.2) is 4.98 Å². The summed E-state index contributed by atoms with van der Waals surface area (Å²) in [6.45, 7) is 2.58. The van der Waals surface area contributed by atoms with E-state index in [0.717, 1.165) is 22.7 Å². The quantitative estimate of drug-likeness (QED) is 0.884. The average Bonchev–Trinajstić information content (AvgIpc) is 2.89. The number of nitrogens with two attached hydrogens (primary N) is 1. The SMILES string of the molecule is CC[C@@H](N)c1ccccc1OCc1nccs1. The van der Waals surface area contributed by atoms with Crippen molar-refractivity contribution >= 4 is 11.3 Å². The van der Waals surface area contributed by atoms with Gasteiger partial charge in [-0.1, -0.05) is 25.1 Å². The first-order valence-corrected chi connectivity index (χ1v) is 6.55. The molecule has 0 bridgehead atoms. The van der Waals surface area contributed by atoms with Crippen molar-refractivity contribution in [2.24, 2.45) is 5.73 Å². The molecule has 0 aliphatic heterocycles. The fraction of sp³-hybridized carbons (Fsp3) is 0.308. The van der Waals surface area contributed by atoms with Gasteiger partial charge in [-0.15, -0.1) is 11.3 Å². The predicted molar refractivity (Wildman–Crippen MR) is 70.1 cm³/mol. The van der Waals surface area contributed by atoms with Gasteiger partial charge >= 0.3 is 0 Å². The van der Waals surface area contributed by atoms with Gasteiger partial charge in [-0.05, 0) is 12.5 Å². The third-order valence-corrected chi connectivity index (χ3v) is 3.35. The molecule has 1 heterocycles. The van der Waals surface area contributed by atoms with Gasteiger partial charge in [0.25, 0.3) is 0 Å². The molecule has 0 aliphatic carbocycles. The van der Waals surface area contributed by atoms with Crippen LogP contribution in [0.3, 0.4) is 0 Å². The van der Waals surface area contributed by atoms with E-state index in [1.807, 2.05) is 29.6 Å². The summed E-state index contributed by atoms with van der Waals surface area (Å²) in [5, 5.41) is 2.92. The summed E-state index contributed by atoms with van der Waals surface area (Å²) in [5.41, 5.74) is 7.11. The minimum absolute atomic E-state index is 0.0301. The molecule has 1 atom stereocenters. The lowest BCUT2D eigenvalue weighted by atomic mass is 10.0. The van der Waals surface area contributed by atoms with Crippen molar-refractivity contribution in [3.8, 4) is 5.75 Å². The molecule has 0 saturated heterocycles. The van der Waals surface area contributed by atoms with E-state index in [1.165, 1.54) is 0 Å². The highest BCUT2D eigenvalue weighted by molar-refractivity contribution is 7.09. The van der Waals surface area contributed by atoms with E-state index in [0.29, 0.717) is 6.61 Å². The molecule has 0 unspecified atom stereocenters. The maximum atomic E-state index is 6.05. The molecule has 0 spiro atoms. The molecule has 1 aromatic carbocycles. The molecule has 17 heavy (non-hydrogen) atoms. The maximum absolute atomic E-state index is 6.05. The molecule has 0 amide bonds. The van der Waals surface area contributed by atoms with Gasteiger partial charge in [0.05, 0.1) is 0 Å². The third kappa shape index (κ3) is 3.05. The van der Waals surface area contributed by atoms with E-state index in [-0.39, 0.29) is 6.04 Å². The van der Waals surface area contributed by atoms with Crippen LogP contribution in [0.1, 0.15) is 30.0 Å². The zero-order valence-electron chi connectivity index (χ0n) is 9.80. The highest BCUT2D eigenvalue weighted by Crippen LogP contribution is 2.26. The van der Waals surface area contributed by atoms with E-state index in [2.05, 4.69) is 11.9 Å². The van der Waals surface area contributed by atoms with Crippen LogP contribution in [0.2, 0.25) is 0 Å². The topological polar surface area (TPSA) is 48.1 Å². The molecule has 0 saturated carbocycles. The number of thiazole rings is 1. The number of hydrogen-bond acceptors (Lipinski definition) is 4. The minimum atomic E-state index is 0.0301. The van der Waals surface area contributed by atoms with Crippen molar-refractivity contribution in [1.29, 1.82) is 0 Å². The third-order valence-electron chi connectivity index (χ3n) is 2.59. The van der Waals surface area contributed by atoms with Gasteiger partial charge < -0.3 is 10.5 Å². The molecule has 2 rings (SSSR count). The molecule has 3 nitrogen and oxygen atoms in total. The van der Waals surface area contributed by atoms with Crippen LogP contribution in [0.4, 0.5) is 0 Å². The fourth-order valence-corrected chi connectivity index (χ4v) is 2.13. The standard InChI is InChI=1S/C13H16N2OS/c1-2-11(14)10-5-3-4-6-12(10)16-9-13-15-7-8-17-13/h3-8,11H,2,9,14H2,1H3/t11-/m1/s1. The van der Waals surface area contributed by atoms with Crippen LogP contribution in [0.25, 0.3) is 0 Å². The Morgan fingerprint density at radius 3 is 2.94 bits per heavy atom. The Balaban J connectivity index is 2.09. The van der Waals surface area contributed by atoms with Gasteiger partial charge in [0.2, 0.25) is 0 Å². The first kappa shape index (κ1) is 12.1. The van der Waals surface area contributed by atoms with Gasteiger partial charge in [-0.25, -0.2) is 4.98 Å². The number of aromatic nitrogens is 1. The average molecular weight is 248 g/mol. The van der Waals surface area contributed by atoms with Crippen LogP contribution in [-0.2, 0) is 6.61 Å². The number of hydrogen-bond donors (Lipinski definition) is 1. The van der Waals surface area contributed by atoms with Gasteiger partial charge in [0.1, 0.15) is 17.4 Å². The molecular weight excluding hydrogens is 232 g/mol. The van der Waals surface area contributed by atoms with Crippen molar-refractivity contribution in [2.75, 3.05) is 0 Å². The second-order valence-electron chi connectivity index (χ2n) is 3.77. The van der Waals surface area contributed by atoms with Gasteiger partial charge in [0.15, 0.2) is 0 Å². The van der Waals surface area contributed by atoms with Crippen molar-refractivity contribution in [1.82, 2.24) is 4.98 Å². The normalized spacial score (nSPS) is 12.4. The number of ether oxygens (including phenoxy) is 1. The van der Waals surface area contributed by atoms with Crippen molar-refractivity contribution in [3.63, 3.8) is 0 Å². The van der Waals surface area contributed by atoms with Gasteiger partial charge in [0, 0.05) is 23.2 Å². The Kier molecular flexibility index (Phi) is 4.12. The zero-order valence-corrected chi connectivity index (χ0v) is 10.6. The van der Waals surface area contributed by atoms with E-state index >= 15 is 0 Å². The van der Waals surface area contributed by atoms with Crippen molar-refractivity contribution < 1.29 is 4.74 Å². The number of rotatable bonds is 5. The summed E-state index contributed by atoms with van der Waals surface area (Å²) in [4.78, 5) is 4.19. The molecule has 90 valence electrons. The highest BCUT2D eigenvalue weighted by Gasteiger charge is 2.10. The van der Waals surface area contributed by atoms with Crippen LogP contribution >= 0.6 is 11.3 Å². The Morgan fingerprint density at radius 2 is 2.24 bits per heavy atom. The summed E-state index contributed by atoms with van der Waals surface area (Å²) in [7, 11) is 0. The lowest BCUT2D eigenvalue weighted by Gasteiger charge is -2.14. The molecule has 4 heteroatoms. The second kappa shape index (κ2) is 5.80. The summed E-state index contributed by atoms with van der Waals surface area (Å²) in [6, 6.07) is 7.95. The number of nitrogens with zero attached hydrogens (tertiary/aromatic N) is 1. The predicted octanol–water partition coefficient (Wildman–Crippen LogP) is 3.13. The van der Waals surface area contributed by atoms with Gasteiger partial charge in [-0.2, -0.15) is 0 Å². The monoisotopic (exact) mass is 248 g/mol. The summed E-state index contributed by atoms with van der Waals surface area (Å²) in [5.74, 6) is 0.858. The van der Waals surface area contributed by atoms with Crippen LogP contribution in [0.15, 0.2) is 35.8 Å². The second-order valence-corrected chi connectivity index (χ2v) is 4.75. The number of benzene rings is 1. The van der Waals surface area contributed by atoms with Crippen molar-refractivity contribution in [2.45, 2.75) is 26.0 Å². The van der Waals surface area contributed by atoms with E-state index in [9.17, 15) is 0 Å². The van der Waals surface area contributed by atoms with Crippen LogP contribution in [0.5, 0.6) is 5.75 Å². The molecule has 2 N–H and O–H groups in total. The summed E-state index contributed by atoms with van der Waals surface area (Å²) in [6.07, 6.45) is 2.69. The minimum Gasteiger partial charge on any atom is -0.486 e. The van der Waals surface area contributed by atoms with Crippen LogP contribution < -0.4 is 10.5 Å². The molecule has 0 radical (unpaired) electrons. The summed E-state index contributed by atoms with van der Waals surface area (Å²) >= 11 is 1.59. The van der Waals surface area contributed by atoms with E-state index in [1.54, 1.807) is 17.5 Å². The zero-order chi connectivity index (χ0) is 12.1. The molecular formula is C13H16N2OS. The van der Waals surface area contributed by atoms with E-state index < -0.39 is 0 Å². The Bertz CT molecular complexity index is 456. The van der Waals surface area contributed by atoms with E-state index in [4.69, 9.17) is 10.5 Å². The van der Waals surface area contributed by atoms with Gasteiger partial charge in [-0.3, -0.25) is 0 Å². The maximum Gasteiger partial charge on any atom is 0.140 e. The molecule has 1 aromatic heterocycles. The molecule has 0 aliphatic rings. The number of para-hydroxylation sites is 1. The lowest BCUT2D eigenvalue weighted by molar-refractivity contribution is 0.300. The first-order valence-electron chi connectivity index (χ1n) is 5.67. The highest BCUT2D eigenvalue weighted by atomic mass is 32.1. The Labute approximate surface area is 105 Å². The Hall–Kier alpha value is -1.39.